The standard InChI is InChI=1S/2C22H23.C2H4.2ClH.Ti/c2*1-2-16-10-12-18(13-11-16)21-9-5-8-19-14-20(15-22(19)21)17-6-3-4-7-17;1-2;;;/h2*5,8-15,17H,2-4,6-7H2,1H3;1-2H2;2*1H;/q;;;;;+2/p-2. The fourth-order valence-electron chi connectivity index (χ4n) is 10.6. The van der Waals surface area contributed by atoms with Crippen LogP contribution in [0.5, 0.6) is 0 Å². The molecule has 5 aliphatic rings. The van der Waals surface area contributed by atoms with Crippen LogP contribution in [0.4, 0.5) is 0 Å². The van der Waals surface area contributed by atoms with Crippen LogP contribution in [0.25, 0.3) is 34.4 Å². The first-order valence-corrected chi connectivity index (χ1v) is 23.1. The number of hydrogen-bond acceptors (Lipinski definition) is 0. The average molecular weight is 722 g/mol. The summed E-state index contributed by atoms with van der Waals surface area (Å²) in [5.74, 6) is 1.57. The number of benzene rings is 4. The molecule has 0 aromatic heterocycles. The molecular weight excluding hydrogens is 671 g/mol. The molecule has 0 bridgehead atoms. The summed E-state index contributed by atoms with van der Waals surface area (Å²) < 4.78 is 4.51. The van der Waals surface area contributed by atoms with Crippen molar-refractivity contribution in [1.29, 1.82) is 0 Å². The number of fused-ring (bicyclic) bond motifs is 2. The Morgan fingerprint density at radius 3 is 1.24 bits per heavy atom. The summed E-state index contributed by atoms with van der Waals surface area (Å²) in [5.41, 5.74) is 18.9. The third-order valence-corrected chi connectivity index (χ3v) is 21.4. The number of rotatable bonds is 8. The average Bonchev–Trinajstić information content (AvgIpc) is 3.66. The molecule has 2 saturated carbocycles. The fraction of sp³-hybridized carbons (Fsp3) is 0.391. The van der Waals surface area contributed by atoms with Crippen LogP contribution in [0.2, 0.25) is 9.45 Å². The first-order chi connectivity index (χ1) is 23.2. The molecule has 3 heteroatoms. The Bertz CT molecular complexity index is 1730. The van der Waals surface area contributed by atoms with E-state index in [4.69, 9.17) is 0 Å². The van der Waals surface area contributed by atoms with Crippen molar-refractivity contribution < 1.29 is 41.4 Å². The molecule has 9 rings (SSSR count). The third-order valence-electron chi connectivity index (χ3n) is 13.2. The van der Waals surface area contributed by atoms with Gasteiger partial charge in [0, 0.05) is 0 Å². The van der Waals surface area contributed by atoms with Crippen LogP contribution in [0.1, 0.15) is 107 Å². The largest absolute Gasteiger partial charge is 1.00 e. The molecule has 49 heavy (non-hydrogen) atoms. The van der Waals surface area contributed by atoms with Gasteiger partial charge in [-0.3, -0.25) is 0 Å². The van der Waals surface area contributed by atoms with Crippen molar-refractivity contribution in [1.82, 2.24) is 0 Å². The molecule has 2 atom stereocenters. The van der Waals surface area contributed by atoms with E-state index in [1.165, 1.54) is 94.2 Å². The van der Waals surface area contributed by atoms with E-state index in [0.717, 1.165) is 33.1 Å². The first kappa shape index (κ1) is 35.1. The zero-order chi connectivity index (χ0) is 31.5. The second-order valence-corrected chi connectivity index (χ2v) is 22.8. The topological polar surface area (TPSA) is 0 Å². The summed E-state index contributed by atoms with van der Waals surface area (Å²) in [6, 6.07) is 33.8. The van der Waals surface area contributed by atoms with Gasteiger partial charge in [0.05, 0.1) is 0 Å². The minimum atomic E-state index is -2.48. The zero-order valence-electron chi connectivity index (χ0n) is 29.3. The monoisotopic (exact) mass is 720 g/mol. The van der Waals surface area contributed by atoms with Crippen molar-refractivity contribution in [2.24, 2.45) is 11.8 Å². The molecule has 3 fully saturated rings. The van der Waals surface area contributed by atoms with Gasteiger partial charge in [-0.05, 0) is 0 Å². The fourth-order valence-corrected chi connectivity index (χ4v) is 21.0. The minimum Gasteiger partial charge on any atom is -1.00 e. The number of halogens is 2. The molecule has 252 valence electrons. The maximum atomic E-state index is 2.77. The van der Waals surface area contributed by atoms with Gasteiger partial charge in [0.1, 0.15) is 0 Å². The maximum Gasteiger partial charge on any atom is -1.00 e. The van der Waals surface area contributed by atoms with E-state index in [1.54, 1.807) is 22.3 Å². The van der Waals surface area contributed by atoms with Crippen LogP contribution in [-0.4, -0.2) is 0 Å². The molecule has 1 aliphatic heterocycles. The third kappa shape index (κ3) is 5.98. The van der Waals surface area contributed by atoms with Crippen LogP contribution < -0.4 is 24.8 Å². The van der Waals surface area contributed by atoms with Gasteiger partial charge in [-0.1, -0.05) is 0 Å². The second kappa shape index (κ2) is 14.3. The molecule has 2 unspecified atom stereocenters. The van der Waals surface area contributed by atoms with Crippen molar-refractivity contribution in [3.05, 3.63) is 129 Å². The number of aryl methyl sites for hydroxylation is 2. The van der Waals surface area contributed by atoms with E-state index >= 15 is 0 Å². The van der Waals surface area contributed by atoms with Crippen LogP contribution >= 0.6 is 0 Å². The van der Waals surface area contributed by atoms with E-state index in [1.807, 2.05) is 11.1 Å². The number of allylic oxidation sites excluding steroid dienone is 2. The van der Waals surface area contributed by atoms with Gasteiger partial charge in [0.25, 0.3) is 0 Å². The van der Waals surface area contributed by atoms with Crippen molar-refractivity contribution in [2.75, 3.05) is 0 Å². The van der Waals surface area contributed by atoms with Gasteiger partial charge < -0.3 is 24.8 Å². The van der Waals surface area contributed by atoms with E-state index in [0.29, 0.717) is 0 Å². The van der Waals surface area contributed by atoms with E-state index < -0.39 is 16.6 Å². The Kier molecular flexibility index (Phi) is 10.3. The molecule has 4 aromatic carbocycles. The Hall–Kier alpha value is -2.35. The van der Waals surface area contributed by atoms with E-state index in [-0.39, 0.29) is 24.8 Å². The molecule has 0 amide bonds. The van der Waals surface area contributed by atoms with Gasteiger partial charge in [0.15, 0.2) is 0 Å². The molecule has 0 spiro atoms. The van der Waals surface area contributed by atoms with Crippen molar-refractivity contribution >= 4 is 12.2 Å². The Morgan fingerprint density at radius 2 is 0.898 bits per heavy atom. The quantitative estimate of drug-likeness (QED) is 0.170. The summed E-state index contributed by atoms with van der Waals surface area (Å²) >= 11 is -2.48. The van der Waals surface area contributed by atoms with Gasteiger partial charge >= 0.3 is 288 Å². The molecule has 0 N–H and O–H groups in total. The van der Waals surface area contributed by atoms with Crippen LogP contribution in [-0.2, 0) is 29.4 Å². The second-order valence-electron chi connectivity index (χ2n) is 15.6. The number of hydrogen-bond donors (Lipinski definition) is 0. The molecular formula is C46H50Cl2Ti. The van der Waals surface area contributed by atoms with Gasteiger partial charge in [-0.25, -0.2) is 0 Å². The molecule has 0 nitrogen and oxygen atoms in total. The summed E-state index contributed by atoms with van der Waals surface area (Å²) in [7, 11) is 0. The van der Waals surface area contributed by atoms with Crippen LogP contribution in [0.15, 0.2) is 96.1 Å². The molecule has 4 aromatic rings. The first-order valence-electron chi connectivity index (χ1n) is 19.1. The molecule has 1 saturated heterocycles. The summed E-state index contributed by atoms with van der Waals surface area (Å²) in [6.45, 7) is 4.52. The SMILES string of the molecule is CCc1ccc(-c2cccc3c2C=C(C2CCCC2)[CH]3[Ti+2]2([CH]3C(C4CCCC4)=Cc4c(-c5ccc(CC)cc5)cccc43)[CH2][CH2]2)cc1.[Cl-].[Cl-]. The van der Waals surface area contributed by atoms with E-state index in [9.17, 15) is 0 Å². The normalized spacial score (nSPS) is 21.5. The zero-order valence-corrected chi connectivity index (χ0v) is 32.4. The van der Waals surface area contributed by atoms with Crippen molar-refractivity contribution in [3.63, 3.8) is 0 Å². The summed E-state index contributed by atoms with van der Waals surface area (Å²) in [4.78, 5) is 0. The van der Waals surface area contributed by atoms with Crippen molar-refractivity contribution in [2.45, 2.75) is 96.0 Å². The summed E-state index contributed by atoms with van der Waals surface area (Å²) in [6.07, 6.45) is 19.0. The van der Waals surface area contributed by atoms with Gasteiger partial charge in [-0.2, -0.15) is 0 Å². The van der Waals surface area contributed by atoms with Crippen LogP contribution in [0, 0.1) is 11.8 Å². The molecule has 1 heterocycles. The molecule has 0 radical (unpaired) electrons. The molecule has 4 aliphatic carbocycles. The predicted octanol–water partition coefficient (Wildman–Crippen LogP) is 7.11. The predicted molar refractivity (Wildman–Crippen MR) is 197 cm³/mol. The Morgan fingerprint density at radius 1 is 0.510 bits per heavy atom. The van der Waals surface area contributed by atoms with Gasteiger partial charge in [0.2, 0.25) is 0 Å². The van der Waals surface area contributed by atoms with Gasteiger partial charge in [-0.15, -0.1) is 0 Å². The van der Waals surface area contributed by atoms with Crippen molar-refractivity contribution in [3.8, 4) is 22.3 Å². The minimum absolute atomic E-state index is 0. The maximum absolute atomic E-state index is 2.77. The smallest absolute Gasteiger partial charge is 1.00 e. The Balaban J connectivity index is 0.00000189. The van der Waals surface area contributed by atoms with E-state index in [2.05, 4.69) is 111 Å². The van der Waals surface area contributed by atoms with Crippen LogP contribution in [0.3, 0.4) is 0 Å². The summed E-state index contributed by atoms with van der Waals surface area (Å²) in [5, 5.41) is 0. The Labute approximate surface area is 311 Å².